The molecule has 0 aliphatic heterocycles. The van der Waals surface area contributed by atoms with Crippen LogP contribution in [0.2, 0.25) is 0 Å². The molecule has 28 heavy (non-hydrogen) atoms. The third-order valence-corrected chi connectivity index (χ3v) is 4.47. The molecule has 0 rings (SSSR count). The third kappa shape index (κ3) is 14.7. The Morgan fingerprint density at radius 2 is 1.50 bits per heavy atom. The van der Waals surface area contributed by atoms with Crippen molar-refractivity contribution in [1.29, 1.82) is 0 Å². The summed E-state index contributed by atoms with van der Waals surface area (Å²) in [6.45, 7) is 17.7. The zero-order valence-electron chi connectivity index (χ0n) is 19.5. The predicted octanol–water partition coefficient (Wildman–Crippen LogP) is 3.48. The van der Waals surface area contributed by atoms with Gasteiger partial charge in [0.1, 0.15) is 5.76 Å². The molecule has 4 N–H and O–H groups in total. The summed E-state index contributed by atoms with van der Waals surface area (Å²) >= 11 is 0. The first-order valence-corrected chi connectivity index (χ1v) is 9.41. The van der Waals surface area contributed by atoms with E-state index in [0.29, 0.717) is 19.8 Å². The molecule has 0 spiro atoms. The van der Waals surface area contributed by atoms with Gasteiger partial charge in [-0.3, -0.25) is 4.79 Å². The number of ether oxygens (including phenoxy) is 2. The van der Waals surface area contributed by atoms with E-state index in [4.69, 9.17) is 14.6 Å². The van der Waals surface area contributed by atoms with E-state index in [1.807, 2.05) is 41.5 Å². The zero-order chi connectivity index (χ0) is 22.1. The van der Waals surface area contributed by atoms with Gasteiger partial charge in [-0.1, -0.05) is 20.8 Å². The molecule has 0 aliphatic carbocycles. The summed E-state index contributed by atoms with van der Waals surface area (Å²) in [7, 11) is 1.61. The largest absolute Gasteiger partial charge is 0.511 e. The van der Waals surface area contributed by atoms with Gasteiger partial charge in [0.25, 0.3) is 0 Å². The number of hydrogen-bond donors (Lipinski definition) is 3. The summed E-state index contributed by atoms with van der Waals surface area (Å²) in [5.74, 6) is 0.204. The molecular weight excluding hydrogens is 396 g/mol. The monoisotopic (exact) mass is 439 g/mol. The summed E-state index contributed by atoms with van der Waals surface area (Å²) in [6, 6.07) is 0. The van der Waals surface area contributed by atoms with E-state index in [2.05, 4.69) is 0 Å². The van der Waals surface area contributed by atoms with E-state index in [1.165, 1.54) is 6.08 Å². The van der Waals surface area contributed by atoms with Crippen molar-refractivity contribution in [3.8, 4) is 0 Å². The SMILES string of the molecule is CC(O)C(C)C(C)(C)O.COCCOCC(C)(C)/C(O)=C/C(=[OH+])C(C)(C)C.[Ti]. The molecule has 0 aliphatic rings. The molecule has 6 nitrogen and oxygen atoms in total. The maximum absolute atomic E-state index is 10.0. The molecule has 0 fully saturated rings. The van der Waals surface area contributed by atoms with E-state index >= 15 is 0 Å². The number of aliphatic hydroxyl groups excluding tert-OH is 2. The molecule has 7 heteroatoms. The van der Waals surface area contributed by atoms with Crippen molar-refractivity contribution in [3.63, 3.8) is 0 Å². The second-order valence-corrected chi connectivity index (χ2v) is 9.28. The van der Waals surface area contributed by atoms with Gasteiger partial charge < -0.3 is 24.8 Å². The minimum absolute atomic E-state index is 0. The number of hydrogen-bond acceptors (Lipinski definition) is 5. The minimum atomic E-state index is -0.770. The standard InChI is InChI=1S/C14H26O4.C7H16O2.Ti/c1-13(2,3)11(15)9-12(16)14(4,5)10-18-8-7-17-6;1-5(6(2)8)7(3,4)9;/h9,16H,7-8,10H2,1-6H3;5-6,8-9H,1-4H3;/p+1/b12-9-;;. The predicted molar refractivity (Wildman–Crippen MR) is 111 cm³/mol. The van der Waals surface area contributed by atoms with Gasteiger partial charge >= 0.3 is 5.78 Å². The van der Waals surface area contributed by atoms with Crippen LogP contribution in [0.25, 0.3) is 0 Å². The first-order valence-electron chi connectivity index (χ1n) is 9.41. The third-order valence-electron chi connectivity index (χ3n) is 4.47. The van der Waals surface area contributed by atoms with Gasteiger partial charge in [0, 0.05) is 40.2 Å². The first-order chi connectivity index (χ1) is 12.0. The zero-order valence-corrected chi connectivity index (χ0v) is 21.0. The van der Waals surface area contributed by atoms with Crippen molar-refractivity contribution < 1.29 is 51.3 Å². The number of methoxy groups -OCH3 is 1. The summed E-state index contributed by atoms with van der Waals surface area (Å²) in [5, 5.41) is 28.3. The van der Waals surface area contributed by atoms with E-state index in [9.17, 15) is 15.0 Å². The quantitative estimate of drug-likeness (QED) is 0.168. The van der Waals surface area contributed by atoms with Crippen molar-refractivity contribution in [2.75, 3.05) is 26.9 Å². The fourth-order valence-corrected chi connectivity index (χ4v) is 1.68. The van der Waals surface area contributed by atoms with Crippen LogP contribution in [0.5, 0.6) is 0 Å². The number of rotatable bonds is 9. The molecule has 0 aromatic heterocycles. The van der Waals surface area contributed by atoms with Crippen LogP contribution >= 0.6 is 0 Å². The number of allylic oxidation sites excluding steroid dienone is 1. The Labute approximate surface area is 186 Å². The van der Waals surface area contributed by atoms with Gasteiger partial charge in [0.15, 0.2) is 0 Å². The van der Waals surface area contributed by atoms with Crippen LogP contribution in [0.15, 0.2) is 11.8 Å². The number of carbonyl (C=O) groups excluding carboxylic acids is 1. The van der Waals surface area contributed by atoms with E-state index in [0.717, 1.165) is 0 Å². The Balaban J connectivity index is -0.000000530. The van der Waals surface area contributed by atoms with Crippen LogP contribution in [0.1, 0.15) is 62.3 Å². The van der Waals surface area contributed by atoms with Crippen molar-refractivity contribution in [2.45, 2.75) is 74.0 Å². The van der Waals surface area contributed by atoms with Crippen LogP contribution < -0.4 is 0 Å². The van der Waals surface area contributed by atoms with Crippen LogP contribution in [-0.4, -0.2) is 64.5 Å². The molecule has 0 saturated carbocycles. The average molecular weight is 439 g/mol. The number of aliphatic hydroxyl groups is 3. The Morgan fingerprint density at radius 3 is 1.79 bits per heavy atom. The molecule has 2 atom stereocenters. The molecule has 0 radical (unpaired) electrons. The molecule has 2 unspecified atom stereocenters. The Kier molecular flexibility index (Phi) is 16.1. The van der Waals surface area contributed by atoms with Gasteiger partial charge in [0.2, 0.25) is 0 Å². The second kappa shape index (κ2) is 13.9. The fourth-order valence-electron chi connectivity index (χ4n) is 1.68. The molecule has 0 saturated heterocycles. The summed E-state index contributed by atoms with van der Waals surface area (Å²) in [5.41, 5.74) is -1.68. The van der Waals surface area contributed by atoms with Gasteiger partial charge in [0.05, 0.1) is 43.0 Å². The van der Waals surface area contributed by atoms with Gasteiger partial charge in [-0.25, -0.2) is 0 Å². The van der Waals surface area contributed by atoms with E-state index < -0.39 is 17.1 Å². The Hall–Kier alpha value is -0.236. The van der Waals surface area contributed by atoms with Crippen LogP contribution in [0.4, 0.5) is 0 Å². The summed E-state index contributed by atoms with van der Waals surface area (Å²) in [6.07, 6.45) is 0.977. The van der Waals surface area contributed by atoms with Crippen molar-refractivity contribution in [1.82, 2.24) is 0 Å². The normalized spacial score (nSPS) is 15.1. The van der Waals surface area contributed by atoms with E-state index in [1.54, 1.807) is 27.9 Å². The topological polar surface area (TPSA) is 101 Å². The molecule has 0 bridgehead atoms. The van der Waals surface area contributed by atoms with Crippen molar-refractivity contribution in [3.05, 3.63) is 11.8 Å². The summed E-state index contributed by atoms with van der Waals surface area (Å²) in [4.78, 5) is 9.85. The van der Waals surface area contributed by atoms with Crippen LogP contribution in [0.3, 0.4) is 0 Å². The Morgan fingerprint density at radius 1 is 1.04 bits per heavy atom. The van der Waals surface area contributed by atoms with Crippen LogP contribution in [0, 0.1) is 16.7 Å². The van der Waals surface area contributed by atoms with Gasteiger partial charge in [-0.15, -0.1) is 0 Å². The molecule has 166 valence electrons. The van der Waals surface area contributed by atoms with E-state index in [-0.39, 0.29) is 44.6 Å². The Bertz CT molecular complexity index is 458. The fraction of sp³-hybridized carbons (Fsp3) is 0.857. The van der Waals surface area contributed by atoms with Gasteiger partial charge in [-0.05, 0) is 41.5 Å². The second-order valence-electron chi connectivity index (χ2n) is 9.28. The van der Waals surface area contributed by atoms with Crippen LogP contribution in [-0.2, 0) is 31.2 Å². The molecule has 0 amide bonds. The maximum Gasteiger partial charge on any atom is 0.325 e. The van der Waals surface area contributed by atoms with Gasteiger partial charge in [-0.2, -0.15) is 0 Å². The molecule has 0 aromatic rings. The molecular formula is C21H43O6Ti+. The molecule has 0 heterocycles. The van der Waals surface area contributed by atoms with Crippen molar-refractivity contribution >= 4 is 5.78 Å². The first kappa shape index (κ1) is 32.4. The maximum atomic E-state index is 10.0. The summed E-state index contributed by atoms with van der Waals surface area (Å²) < 4.78 is 10.3. The molecule has 0 aromatic carbocycles. The number of ketones is 1. The minimum Gasteiger partial charge on any atom is -0.511 e. The average Bonchev–Trinajstić information content (AvgIpc) is 2.49. The van der Waals surface area contributed by atoms with Crippen molar-refractivity contribution in [2.24, 2.45) is 16.7 Å². The smallest absolute Gasteiger partial charge is 0.325 e.